The first-order chi connectivity index (χ1) is 9.15. The van der Waals surface area contributed by atoms with Crippen molar-refractivity contribution in [3.8, 4) is 11.4 Å². The maximum Gasteiger partial charge on any atom is 0.162 e. The summed E-state index contributed by atoms with van der Waals surface area (Å²) >= 11 is 0. The molecule has 0 fully saturated rings. The smallest absolute Gasteiger partial charge is 0.162 e. The second kappa shape index (κ2) is 4.35. The Morgan fingerprint density at radius 2 is 1.74 bits per heavy atom. The molecule has 94 valence electrons. The lowest BCUT2D eigenvalue weighted by Crippen LogP contribution is -1.99. The molecule has 3 aromatic rings. The van der Waals surface area contributed by atoms with Crippen LogP contribution in [0.3, 0.4) is 0 Å². The van der Waals surface area contributed by atoms with Crippen LogP contribution in [-0.4, -0.2) is 9.97 Å². The van der Waals surface area contributed by atoms with E-state index in [1.165, 1.54) is 5.56 Å². The van der Waals surface area contributed by atoms with E-state index in [-0.39, 0.29) is 0 Å². The first-order valence-electron chi connectivity index (χ1n) is 6.25. The number of benzene rings is 2. The number of rotatable bonds is 1. The lowest BCUT2D eigenvalue weighted by atomic mass is 10.0. The zero-order chi connectivity index (χ0) is 13.4. The van der Waals surface area contributed by atoms with E-state index >= 15 is 0 Å². The first-order valence-corrected chi connectivity index (χ1v) is 6.25. The van der Waals surface area contributed by atoms with Crippen LogP contribution in [0.1, 0.15) is 11.1 Å². The highest BCUT2D eigenvalue weighted by molar-refractivity contribution is 5.89. The Balaban J connectivity index is 2.28. The van der Waals surface area contributed by atoms with Gasteiger partial charge < -0.3 is 5.73 Å². The van der Waals surface area contributed by atoms with Crippen LogP contribution in [0.5, 0.6) is 0 Å². The number of para-hydroxylation sites is 1. The molecule has 0 amide bonds. The molecule has 0 saturated carbocycles. The minimum atomic E-state index is 0.529. The molecule has 2 N–H and O–H groups in total. The molecule has 0 spiro atoms. The highest BCUT2D eigenvalue weighted by atomic mass is 14.9. The molecule has 0 radical (unpaired) electrons. The summed E-state index contributed by atoms with van der Waals surface area (Å²) in [7, 11) is 0. The van der Waals surface area contributed by atoms with Gasteiger partial charge in [-0.1, -0.05) is 29.8 Å². The van der Waals surface area contributed by atoms with Crippen molar-refractivity contribution in [3.05, 3.63) is 53.6 Å². The average molecular weight is 249 g/mol. The predicted octanol–water partition coefficient (Wildman–Crippen LogP) is 3.50. The van der Waals surface area contributed by atoms with Gasteiger partial charge in [-0.25, -0.2) is 9.97 Å². The van der Waals surface area contributed by atoms with Crippen LogP contribution in [0.15, 0.2) is 42.5 Å². The molecular formula is C16H15N3. The van der Waals surface area contributed by atoms with Crippen LogP contribution in [0, 0.1) is 13.8 Å². The lowest BCUT2D eigenvalue weighted by Gasteiger charge is -2.08. The summed E-state index contributed by atoms with van der Waals surface area (Å²) in [5.41, 5.74) is 10.3. The predicted molar refractivity (Wildman–Crippen MR) is 78.9 cm³/mol. The van der Waals surface area contributed by atoms with Crippen LogP contribution >= 0.6 is 0 Å². The van der Waals surface area contributed by atoms with Gasteiger partial charge in [-0.15, -0.1) is 0 Å². The number of aryl methyl sites for hydroxylation is 2. The number of hydrogen-bond donors (Lipinski definition) is 1. The van der Waals surface area contributed by atoms with Gasteiger partial charge in [0.2, 0.25) is 0 Å². The molecule has 19 heavy (non-hydrogen) atoms. The number of nitrogen functional groups attached to an aromatic ring is 1. The van der Waals surface area contributed by atoms with Crippen molar-refractivity contribution in [2.24, 2.45) is 0 Å². The molecule has 0 saturated heterocycles. The van der Waals surface area contributed by atoms with Crippen molar-refractivity contribution < 1.29 is 0 Å². The summed E-state index contributed by atoms with van der Waals surface area (Å²) < 4.78 is 0. The van der Waals surface area contributed by atoms with E-state index in [9.17, 15) is 0 Å². The normalized spacial score (nSPS) is 10.8. The topological polar surface area (TPSA) is 51.8 Å². The van der Waals surface area contributed by atoms with Crippen molar-refractivity contribution in [1.29, 1.82) is 0 Å². The fraction of sp³-hybridized carbons (Fsp3) is 0.125. The van der Waals surface area contributed by atoms with Gasteiger partial charge in [0.15, 0.2) is 5.82 Å². The van der Waals surface area contributed by atoms with Gasteiger partial charge in [0.25, 0.3) is 0 Å². The highest BCUT2D eigenvalue weighted by Gasteiger charge is 2.09. The number of aromatic nitrogens is 2. The SMILES string of the molecule is Cc1ccc(C)c(-c2nc(N)c3ccccc3n2)c1. The van der Waals surface area contributed by atoms with Gasteiger partial charge in [-0.2, -0.15) is 0 Å². The Morgan fingerprint density at radius 3 is 2.58 bits per heavy atom. The van der Waals surface area contributed by atoms with Gasteiger partial charge in [-0.05, 0) is 37.6 Å². The Labute approximate surface area is 112 Å². The van der Waals surface area contributed by atoms with E-state index in [0.29, 0.717) is 11.6 Å². The summed E-state index contributed by atoms with van der Waals surface area (Å²) in [6, 6.07) is 14.1. The molecule has 3 heteroatoms. The molecule has 0 unspecified atom stereocenters. The van der Waals surface area contributed by atoms with Gasteiger partial charge >= 0.3 is 0 Å². The molecule has 3 rings (SSSR count). The summed E-state index contributed by atoms with van der Waals surface area (Å²) in [6.07, 6.45) is 0. The van der Waals surface area contributed by atoms with Crippen molar-refractivity contribution in [1.82, 2.24) is 9.97 Å². The average Bonchev–Trinajstić information content (AvgIpc) is 2.41. The highest BCUT2D eigenvalue weighted by Crippen LogP contribution is 2.25. The van der Waals surface area contributed by atoms with Crippen LogP contribution in [0.4, 0.5) is 5.82 Å². The molecule has 1 aromatic heterocycles. The van der Waals surface area contributed by atoms with E-state index in [4.69, 9.17) is 5.73 Å². The summed E-state index contributed by atoms with van der Waals surface area (Å²) in [5, 5.41) is 0.900. The fourth-order valence-electron chi connectivity index (χ4n) is 2.20. The Bertz CT molecular complexity index is 763. The molecule has 3 nitrogen and oxygen atoms in total. The number of nitrogens with two attached hydrogens (primary N) is 1. The minimum absolute atomic E-state index is 0.529. The molecule has 2 aromatic carbocycles. The third kappa shape index (κ3) is 2.03. The molecule has 0 aliphatic carbocycles. The van der Waals surface area contributed by atoms with Gasteiger partial charge in [0.05, 0.1) is 5.52 Å². The second-order valence-corrected chi connectivity index (χ2v) is 4.77. The van der Waals surface area contributed by atoms with E-state index in [1.54, 1.807) is 0 Å². The van der Waals surface area contributed by atoms with Crippen molar-refractivity contribution in [2.45, 2.75) is 13.8 Å². The standard InChI is InChI=1S/C16H15N3/c1-10-7-8-11(2)13(9-10)16-18-14-6-4-3-5-12(14)15(17)19-16/h3-9H,1-2H3,(H2,17,18,19). The zero-order valence-electron chi connectivity index (χ0n) is 11.0. The van der Waals surface area contributed by atoms with E-state index in [1.807, 2.05) is 24.3 Å². The third-order valence-corrected chi connectivity index (χ3v) is 3.27. The molecular weight excluding hydrogens is 234 g/mol. The van der Waals surface area contributed by atoms with Gasteiger partial charge in [-0.3, -0.25) is 0 Å². The molecule has 0 atom stereocenters. The summed E-state index contributed by atoms with van der Waals surface area (Å²) in [5.74, 6) is 1.22. The molecule has 0 bridgehead atoms. The Kier molecular flexibility index (Phi) is 2.67. The molecule has 0 aliphatic rings. The summed E-state index contributed by atoms with van der Waals surface area (Å²) in [6.45, 7) is 4.12. The Hall–Kier alpha value is -2.42. The van der Waals surface area contributed by atoms with Gasteiger partial charge in [0, 0.05) is 10.9 Å². The number of hydrogen-bond acceptors (Lipinski definition) is 3. The quantitative estimate of drug-likeness (QED) is 0.718. The maximum atomic E-state index is 6.03. The molecule has 0 aliphatic heterocycles. The molecule has 1 heterocycles. The van der Waals surface area contributed by atoms with Crippen LogP contribution in [0.2, 0.25) is 0 Å². The van der Waals surface area contributed by atoms with E-state index < -0.39 is 0 Å². The number of fused-ring (bicyclic) bond motifs is 1. The van der Waals surface area contributed by atoms with E-state index in [0.717, 1.165) is 22.0 Å². The lowest BCUT2D eigenvalue weighted by molar-refractivity contribution is 1.21. The first kappa shape index (κ1) is 11.7. The monoisotopic (exact) mass is 249 g/mol. The van der Waals surface area contributed by atoms with Crippen LogP contribution in [-0.2, 0) is 0 Å². The number of anilines is 1. The fourth-order valence-corrected chi connectivity index (χ4v) is 2.20. The van der Waals surface area contributed by atoms with E-state index in [2.05, 4.69) is 42.0 Å². The summed E-state index contributed by atoms with van der Waals surface area (Å²) in [4.78, 5) is 9.06. The Morgan fingerprint density at radius 1 is 0.947 bits per heavy atom. The largest absolute Gasteiger partial charge is 0.383 e. The minimum Gasteiger partial charge on any atom is -0.383 e. The zero-order valence-corrected chi connectivity index (χ0v) is 11.0. The van der Waals surface area contributed by atoms with Crippen LogP contribution < -0.4 is 5.73 Å². The maximum absolute atomic E-state index is 6.03. The number of nitrogens with zero attached hydrogens (tertiary/aromatic N) is 2. The van der Waals surface area contributed by atoms with Crippen LogP contribution in [0.25, 0.3) is 22.3 Å². The second-order valence-electron chi connectivity index (χ2n) is 4.77. The van der Waals surface area contributed by atoms with Crippen molar-refractivity contribution in [3.63, 3.8) is 0 Å². The third-order valence-electron chi connectivity index (χ3n) is 3.27. The van der Waals surface area contributed by atoms with Crippen molar-refractivity contribution in [2.75, 3.05) is 5.73 Å². The van der Waals surface area contributed by atoms with Crippen molar-refractivity contribution >= 4 is 16.7 Å². The van der Waals surface area contributed by atoms with Gasteiger partial charge in [0.1, 0.15) is 5.82 Å².